The van der Waals surface area contributed by atoms with E-state index in [4.69, 9.17) is 4.74 Å². The van der Waals surface area contributed by atoms with Gasteiger partial charge in [-0.25, -0.2) is 0 Å². The molecule has 0 aromatic heterocycles. The van der Waals surface area contributed by atoms with Gasteiger partial charge >= 0.3 is 0 Å². The Morgan fingerprint density at radius 1 is 1.32 bits per heavy atom. The van der Waals surface area contributed by atoms with Gasteiger partial charge in [-0.1, -0.05) is 19.9 Å². The molecule has 2 aliphatic heterocycles. The number of ether oxygens (including phenoxy) is 1. The predicted molar refractivity (Wildman–Crippen MR) is 88.4 cm³/mol. The summed E-state index contributed by atoms with van der Waals surface area (Å²) in [5.41, 5.74) is 2.21. The number of piperidine rings is 1. The van der Waals surface area contributed by atoms with E-state index in [1.807, 2.05) is 27.0 Å². The number of amides is 1. The van der Waals surface area contributed by atoms with Crippen molar-refractivity contribution in [3.05, 3.63) is 23.8 Å². The minimum Gasteiger partial charge on any atom is -0.478 e. The number of fused-ring (bicyclic) bond motifs is 1. The molecule has 0 bridgehead atoms. The standard InChI is InChI=1S/C18H26N2O2/c1-12(2)17-18(21)20(3)15-11-14(4-5-16(15)22-17)10-13-6-8-19-9-7-13/h4-5,11-13,17,19H,6-10H2,1-3H3. The molecule has 0 radical (unpaired) electrons. The van der Waals surface area contributed by atoms with Gasteiger partial charge in [0, 0.05) is 7.05 Å². The lowest BCUT2D eigenvalue weighted by atomic mass is 9.90. The molecule has 1 aromatic rings. The van der Waals surface area contributed by atoms with Crippen molar-refractivity contribution in [2.75, 3.05) is 25.0 Å². The summed E-state index contributed by atoms with van der Waals surface area (Å²) in [5, 5.41) is 3.41. The molecule has 4 heteroatoms. The van der Waals surface area contributed by atoms with Crippen molar-refractivity contribution in [1.29, 1.82) is 0 Å². The van der Waals surface area contributed by atoms with Gasteiger partial charge in [0.15, 0.2) is 6.10 Å². The van der Waals surface area contributed by atoms with Gasteiger partial charge in [0.2, 0.25) is 0 Å². The number of carbonyl (C=O) groups is 1. The lowest BCUT2D eigenvalue weighted by Gasteiger charge is -2.34. The topological polar surface area (TPSA) is 41.6 Å². The molecule has 0 spiro atoms. The van der Waals surface area contributed by atoms with Crippen LogP contribution in [0.25, 0.3) is 0 Å². The second kappa shape index (κ2) is 6.29. The first kappa shape index (κ1) is 15.3. The van der Waals surface area contributed by atoms with Crippen LogP contribution in [0.15, 0.2) is 18.2 Å². The predicted octanol–water partition coefficient (Wildman–Crippen LogP) is 2.61. The van der Waals surface area contributed by atoms with Crippen LogP contribution in [0, 0.1) is 11.8 Å². The first-order valence-corrected chi connectivity index (χ1v) is 8.34. The summed E-state index contributed by atoms with van der Waals surface area (Å²) in [6.07, 6.45) is 3.19. The van der Waals surface area contributed by atoms with Crippen LogP contribution < -0.4 is 15.0 Å². The molecule has 1 fully saturated rings. The van der Waals surface area contributed by atoms with Gasteiger partial charge in [-0.3, -0.25) is 4.79 Å². The molecule has 1 unspecified atom stereocenters. The largest absolute Gasteiger partial charge is 0.478 e. The van der Waals surface area contributed by atoms with E-state index in [0.29, 0.717) is 0 Å². The lowest BCUT2D eigenvalue weighted by molar-refractivity contribution is -0.127. The summed E-state index contributed by atoms with van der Waals surface area (Å²) >= 11 is 0. The SMILES string of the molecule is CC(C)C1Oc2ccc(CC3CCNCC3)cc2N(C)C1=O. The van der Waals surface area contributed by atoms with Gasteiger partial charge in [0.1, 0.15) is 5.75 Å². The van der Waals surface area contributed by atoms with Crippen molar-refractivity contribution >= 4 is 11.6 Å². The number of likely N-dealkylation sites (N-methyl/N-ethyl adjacent to an activating group) is 1. The smallest absolute Gasteiger partial charge is 0.268 e. The van der Waals surface area contributed by atoms with Crippen molar-refractivity contribution in [1.82, 2.24) is 5.32 Å². The van der Waals surface area contributed by atoms with Crippen molar-refractivity contribution in [3.8, 4) is 5.75 Å². The molecule has 1 aromatic carbocycles. The number of benzene rings is 1. The average molecular weight is 302 g/mol. The maximum atomic E-state index is 12.4. The summed E-state index contributed by atoms with van der Waals surface area (Å²) in [7, 11) is 1.85. The highest BCUT2D eigenvalue weighted by atomic mass is 16.5. The Labute approximate surface area is 132 Å². The van der Waals surface area contributed by atoms with Gasteiger partial charge in [0.25, 0.3) is 5.91 Å². The van der Waals surface area contributed by atoms with E-state index in [0.717, 1.165) is 36.9 Å². The summed E-state index contributed by atoms with van der Waals surface area (Å²) in [5.74, 6) is 1.81. The zero-order chi connectivity index (χ0) is 15.7. The van der Waals surface area contributed by atoms with E-state index in [9.17, 15) is 4.79 Å². The number of nitrogens with zero attached hydrogens (tertiary/aromatic N) is 1. The lowest BCUT2D eigenvalue weighted by Crippen LogP contribution is -2.46. The van der Waals surface area contributed by atoms with Crippen molar-refractivity contribution in [3.63, 3.8) is 0 Å². The highest BCUT2D eigenvalue weighted by Crippen LogP contribution is 2.36. The third-order valence-corrected chi connectivity index (χ3v) is 4.80. The summed E-state index contributed by atoms with van der Waals surface area (Å²) < 4.78 is 5.92. The molecule has 3 rings (SSSR count). The molecule has 1 saturated heterocycles. The van der Waals surface area contributed by atoms with Crippen molar-refractivity contribution < 1.29 is 9.53 Å². The van der Waals surface area contributed by atoms with Gasteiger partial charge < -0.3 is 15.0 Å². The Morgan fingerprint density at radius 2 is 2.05 bits per heavy atom. The average Bonchev–Trinajstić information content (AvgIpc) is 2.52. The van der Waals surface area contributed by atoms with Crippen LogP contribution in [0.4, 0.5) is 5.69 Å². The van der Waals surface area contributed by atoms with Crippen LogP contribution in [0.3, 0.4) is 0 Å². The van der Waals surface area contributed by atoms with Crippen LogP contribution in [0.2, 0.25) is 0 Å². The number of hydrogen-bond donors (Lipinski definition) is 1. The van der Waals surface area contributed by atoms with Crippen LogP contribution in [0.1, 0.15) is 32.3 Å². The monoisotopic (exact) mass is 302 g/mol. The molecule has 22 heavy (non-hydrogen) atoms. The molecular weight excluding hydrogens is 276 g/mol. The molecule has 2 aliphatic rings. The number of nitrogens with one attached hydrogen (secondary N) is 1. The zero-order valence-electron chi connectivity index (χ0n) is 13.8. The van der Waals surface area contributed by atoms with E-state index in [-0.39, 0.29) is 17.9 Å². The normalized spacial score (nSPS) is 22.6. The van der Waals surface area contributed by atoms with Gasteiger partial charge in [-0.05, 0) is 61.9 Å². The minimum atomic E-state index is -0.368. The van der Waals surface area contributed by atoms with Crippen molar-refractivity contribution in [2.45, 2.75) is 39.2 Å². The van der Waals surface area contributed by atoms with Crippen molar-refractivity contribution in [2.24, 2.45) is 11.8 Å². The van der Waals surface area contributed by atoms with E-state index in [1.165, 1.54) is 18.4 Å². The van der Waals surface area contributed by atoms with E-state index < -0.39 is 0 Å². The summed E-state index contributed by atoms with van der Waals surface area (Å²) in [4.78, 5) is 14.2. The fourth-order valence-corrected chi connectivity index (χ4v) is 3.39. The molecule has 120 valence electrons. The van der Waals surface area contributed by atoms with Crippen LogP contribution >= 0.6 is 0 Å². The van der Waals surface area contributed by atoms with Gasteiger partial charge in [-0.2, -0.15) is 0 Å². The highest BCUT2D eigenvalue weighted by molar-refractivity contribution is 5.99. The van der Waals surface area contributed by atoms with Gasteiger partial charge in [-0.15, -0.1) is 0 Å². The third-order valence-electron chi connectivity index (χ3n) is 4.80. The Morgan fingerprint density at radius 3 is 2.73 bits per heavy atom. The van der Waals surface area contributed by atoms with Crippen LogP contribution in [0.5, 0.6) is 5.75 Å². The Hall–Kier alpha value is -1.55. The maximum Gasteiger partial charge on any atom is 0.268 e. The molecular formula is C18H26N2O2. The number of carbonyl (C=O) groups excluding carboxylic acids is 1. The second-order valence-corrected chi connectivity index (χ2v) is 6.88. The van der Waals surface area contributed by atoms with E-state index >= 15 is 0 Å². The molecule has 0 aliphatic carbocycles. The summed E-state index contributed by atoms with van der Waals surface area (Å²) in [6, 6.07) is 6.32. The molecule has 1 atom stereocenters. The molecule has 1 N–H and O–H groups in total. The Bertz CT molecular complexity index is 550. The van der Waals surface area contributed by atoms with Crippen LogP contribution in [-0.4, -0.2) is 32.1 Å². The maximum absolute atomic E-state index is 12.4. The third kappa shape index (κ3) is 2.98. The first-order valence-electron chi connectivity index (χ1n) is 8.34. The number of rotatable bonds is 3. The number of hydrogen-bond acceptors (Lipinski definition) is 3. The first-order chi connectivity index (χ1) is 10.6. The number of anilines is 1. The quantitative estimate of drug-likeness (QED) is 0.933. The summed E-state index contributed by atoms with van der Waals surface area (Å²) in [6.45, 7) is 6.28. The molecule has 2 heterocycles. The Balaban J connectivity index is 1.80. The fourth-order valence-electron chi connectivity index (χ4n) is 3.39. The van der Waals surface area contributed by atoms with Crippen LogP contribution in [-0.2, 0) is 11.2 Å². The molecule has 4 nitrogen and oxygen atoms in total. The highest BCUT2D eigenvalue weighted by Gasteiger charge is 2.34. The second-order valence-electron chi connectivity index (χ2n) is 6.88. The van der Waals surface area contributed by atoms with E-state index in [1.54, 1.807) is 4.90 Å². The zero-order valence-corrected chi connectivity index (χ0v) is 13.8. The minimum absolute atomic E-state index is 0.0570. The Kier molecular flexibility index (Phi) is 4.39. The molecule has 0 saturated carbocycles. The molecule has 1 amide bonds. The fraction of sp³-hybridized carbons (Fsp3) is 0.611. The van der Waals surface area contributed by atoms with Gasteiger partial charge in [0.05, 0.1) is 5.69 Å². The van der Waals surface area contributed by atoms with E-state index in [2.05, 4.69) is 17.4 Å².